The van der Waals surface area contributed by atoms with E-state index in [0.717, 1.165) is 5.25 Å². The summed E-state index contributed by atoms with van der Waals surface area (Å²) in [5.41, 5.74) is 3.41. The summed E-state index contributed by atoms with van der Waals surface area (Å²) in [6.45, 7) is 13.9. The van der Waals surface area contributed by atoms with Crippen LogP contribution in [0.3, 0.4) is 0 Å². The summed E-state index contributed by atoms with van der Waals surface area (Å²) in [6, 6.07) is 7.30. The Hall–Kier alpha value is -0.430. The summed E-state index contributed by atoms with van der Waals surface area (Å²) in [5.74, 6) is 0. The molecule has 1 aliphatic carbocycles. The zero-order chi connectivity index (χ0) is 15.7. The van der Waals surface area contributed by atoms with E-state index in [1.165, 1.54) is 48.1 Å². The normalized spacial score (nSPS) is 18.0. The monoisotopic (exact) mass is 304 g/mol. The van der Waals surface area contributed by atoms with Crippen molar-refractivity contribution in [1.29, 1.82) is 0 Å². The van der Waals surface area contributed by atoms with Crippen molar-refractivity contribution in [3.63, 3.8) is 0 Å². The fourth-order valence-electron chi connectivity index (χ4n) is 2.91. The molecule has 1 aromatic carbocycles. The van der Waals surface area contributed by atoms with E-state index in [0.29, 0.717) is 0 Å². The Balaban J connectivity index is 2.31. The first-order valence-electron chi connectivity index (χ1n) is 8.49. The molecule has 0 aromatic heterocycles. The molecule has 0 aliphatic heterocycles. The molecule has 118 valence electrons. The Labute approximate surface area is 136 Å². The largest absolute Gasteiger partial charge is 0.123 e. The molecule has 1 fully saturated rings. The molecule has 0 bridgehead atoms. The van der Waals surface area contributed by atoms with Gasteiger partial charge in [-0.15, -0.1) is 11.8 Å². The Morgan fingerprint density at radius 1 is 0.762 bits per heavy atom. The van der Waals surface area contributed by atoms with Crippen LogP contribution in [0.2, 0.25) is 0 Å². The first kappa shape index (κ1) is 16.9. The Kier molecular flexibility index (Phi) is 5.13. The van der Waals surface area contributed by atoms with E-state index in [1.54, 1.807) is 0 Å². The van der Waals surface area contributed by atoms with Gasteiger partial charge in [0, 0.05) is 10.1 Å². The predicted molar refractivity (Wildman–Crippen MR) is 96.6 cm³/mol. The lowest BCUT2D eigenvalue weighted by atomic mass is 9.81. The molecule has 0 unspecified atom stereocenters. The Bertz CT molecular complexity index is 435. The molecule has 0 heterocycles. The first-order chi connectivity index (χ1) is 9.66. The maximum absolute atomic E-state index is 2.44. The average Bonchev–Trinajstić information content (AvgIpc) is 2.37. The molecule has 0 amide bonds. The van der Waals surface area contributed by atoms with Crippen molar-refractivity contribution in [3.8, 4) is 0 Å². The second-order valence-corrected chi connectivity index (χ2v) is 10.00. The van der Waals surface area contributed by atoms with Crippen molar-refractivity contribution in [2.24, 2.45) is 0 Å². The van der Waals surface area contributed by atoms with Gasteiger partial charge in [-0.1, -0.05) is 66.9 Å². The molecule has 0 spiro atoms. The molecule has 1 aromatic rings. The lowest BCUT2D eigenvalue weighted by molar-refractivity contribution is 0.516. The molecule has 0 N–H and O–H groups in total. The summed E-state index contributed by atoms with van der Waals surface area (Å²) in [4.78, 5) is 1.49. The molecule has 0 saturated heterocycles. The SMILES string of the molecule is CC(C)(C)c1cc(SC2CCCCC2)cc(C(C)(C)C)c1. The van der Waals surface area contributed by atoms with Crippen molar-refractivity contribution < 1.29 is 0 Å². The van der Waals surface area contributed by atoms with E-state index >= 15 is 0 Å². The summed E-state index contributed by atoms with van der Waals surface area (Å²) >= 11 is 2.13. The number of rotatable bonds is 2. The van der Waals surface area contributed by atoms with E-state index < -0.39 is 0 Å². The van der Waals surface area contributed by atoms with Crippen molar-refractivity contribution in [2.45, 2.75) is 94.6 Å². The molecule has 0 nitrogen and oxygen atoms in total. The third-order valence-corrected chi connectivity index (χ3v) is 5.81. The average molecular weight is 305 g/mol. The fourth-order valence-corrected chi connectivity index (χ4v) is 4.25. The zero-order valence-electron chi connectivity index (χ0n) is 14.8. The summed E-state index contributed by atoms with van der Waals surface area (Å²) in [5, 5.41) is 0.835. The van der Waals surface area contributed by atoms with Crippen molar-refractivity contribution in [3.05, 3.63) is 29.3 Å². The summed E-state index contributed by atoms with van der Waals surface area (Å²) < 4.78 is 0. The highest BCUT2D eigenvalue weighted by Gasteiger charge is 2.22. The minimum atomic E-state index is 0.225. The summed E-state index contributed by atoms with van der Waals surface area (Å²) in [7, 11) is 0. The smallest absolute Gasteiger partial charge is 0.00944 e. The van der Waals surface area contributed by atoms with Crippen LogP contribution < -0.4 is 0 Å². The van der Waals surface area contributed by atoms with Crippen molar-refractivity contribution >= 4 is 11.8 Å². The highest BCUT2D eigenvalue weighted by Crippen LogP contribution is 2.38. The predicted octanol–water partition coefficient (Wildman–Crippen LogP) is 6.71. The lowest BCUT2D eigenvalue weighted by Gasteiger charge is -2.27. The van der Waals surface area contributed by atoms with Gasteiger partial charge < -0.3 is 0 Å². The Morgan fingerprint density at radius 3 is 1.67 bits per heavy atom. The second kappa shape index (κ2) is 6.36. The number of hydrogen-bond donors (Lipinski definition) is 0. The molecule has 1 aliphatic rings. The zero-order valence-corrected chi connectivity index (χ0v) is 15.6. The van der Waals surface area contributed by atoms with Gasteiger partial charge in [0.1, 0.15) is 0 Å². The van der Waals surface area contributed by atoms with Crippen LogP contribution in [0.15, 0.2) is 23.1 Å². The van der Waals surface area contributed by atoms with Gasteiger partial charge in [-0.25, -0.2) is 0 Å². The van der Waals surface area contributed by atoms with Crippen LogP contribution in [0.25, 0.3) is 0 Å². The van der Waals surface area contributed by atoms with Crippen LogP contribution in [-0.4, -0.2) is 5.25 Å². The van der Waals surface area contributed by atoms with Crippen molar-refractivity contribution in [2.75, 3.05) is 0 Å². The minimum absolute atomic E-state index is 0.225. The maximum atomic E-state index is 2.44. The quantitative estimate of drug-likeness (QED) is 0.585. The highest BCUT2D eigenvalue weighted by molar-refractivity contribution is 8.00. The molecule has 1 saturated carbocycles. The van der Waals surface area contributed by atoms with Crippen molar-refractivity contribution in [1.82, 2.24) is 0 Å². The van der Waals surface area contributed by atoms with E-state index in [9.17, 15) is 0 Å². The van der Waals surface area contributed by atoms with Crippen LogP contribution in [-0.2, 0) is 10.8 Å². The molecular formula is C20H32S. The third-order valence-electron chi connectivity index (χ3n) is 4.49. The third kappa shape index (κ3) is 4.77. The fraction of sp³-hybridized carbons (Fsp3) is 0.700. The standard InChI is InChI=1S/C20H32S/c1-19(2,3)15-12-16(20(4,5)6)14-18(13-15)21-17-10-8-7-9-11-17/h12-14,17H,7-11H2,1-6H3. The van der Waals surface area contributed by atoms with Gasteiger partial charge in [-0.2, -0.15) is 0 Å². The molecule has 2 rings (SSSR count). The van der Waals surface area contributed by atoms with Gasteiger partial charge >= 0.3 is 0 Å². The second-order valence-electron chi connectivity index (χ2n) is 8.62. The van der Waals surface area contributed by atoms with Crippen LogP contribution in [0, 0.1) is 0 Å². The maximum Gasteiger partial charge on any atom is 0.00944 e. The first-order valence-corrected chi connectivity index (χ1v) is 9.37. The van der Waals surface area contributed by atoms with E-state index in [2.05, 4.69) is 71.5 Å². The van der Waals surface area contributed by atoms with Gasteiger partial charge in [0.25, 0.3) is 0 Å². The van der Waals surface area contributed by atoms with Crippen LogP contribution in [0.5, 0.6) is 0 Å². The van der Waals surface area contributed by atoms with E-state index in [-0.39, 0.29) is 10.8 Å². The molecule has 1 heteroatoms. The van der Waals surface area contributed by atoms with E-state index in [4.69, 9.17) is 0 Å². The Morgan fingerprint density at radius 2 is 1.24 bits per heavy atom. The van der Waals surface area contributed by atoms with Gasteiger partial charge in [0.15, 0.2) is 0 Å². The molecule has 21 heavy (non-hydrogen) atoms. The lowest BCUT2D eigenvalue weighted by Crippen LogP contribution is -2.17. The molecular weight excluding hydrogens is 272 g/mol. The van der Waals surface area contributed by atoms with Gasteiger partial charge in [0.05, 0.1) is 0 Å². The minimum Gasteiger partial charge on any atom is -0.123 e. The summed E-state index contributed by atoms with van der Waals surface area (Å²) in [6.07, 6.45) is 7.07. The van der Waals surface area contributed by atoms with Gasteiger partial charge in [-0.05, 0) is 46.9 Å². The van der Waals surface area contributed by atoms with Gasteiger partial charge in [-0.3, -0.25) is 0 Å². The highest BCUT2D eigenvalue weighted by atomic mass is 32.2. The molecule has 0 atom stereocenters. The van der Waals surface area contributed by atoms with Crippen LogP contribution >= 0.6 is 11.8 Å². The van der Waals surface area contributed by atoms with Gasteiger partial charge in [0.2, 0.25) is 0 Å². The van der Waals surface area contributed by atoms with Crippen LogP contribution in [0.4, 0.5) is 0 Å². The number of benzene rings is 1. The molecule has 0 radical (unpaired) electrons. The van der Waals surface area contributed by atoms with Crippen LogP contribution in [0.1, 0.15) is 84.8 Å². The topological polar surface area (TPSA) is 0 Å². The van der Waals surface area contributed by atoms with E-state index in [1.807, 2.05) is 0 Å². The number of hydrogen-bond acceptors (Lipinski definition) is 1. The number of thioether (sulfide) groups is 1.